The minimum atomic E-state index is -0.182. The molecular weight excluding hydrogens is 436 g/mol. The minimum absolute atomic E-state index is 0.167. The zero-order chi connectivity index (χ0) is 22.8. The highest BCUT2D eigenvalue weighted by atomic mass is 32.1. The van der Waals surface area contributed by atoms with Crippen LogP contribution in [0.5, 0.6) is 11.5 Å². The normalized spacial score (nSPS) is 17.8. The van der Waals surface area contributed by atoms with Crippen molar-refractivity contribution in [3.63, 3.8) is 0 Å². The number of benzene rings is 1. The lowest BCUT2D eigenvalue weighted by atomic mass is 10.0. The van der Waals surface area contributed by atoms with E-state index in [-0.39, 0.29) is 12.1 Å². The molecule has 0 amide bonds. The van der Waals surface area contributed by atoms with Crippen LogP contribution >= 0.6 is 12.2 Å². The number of methoxy groups -OCH3 is 2. The lowest BCUT2D eigenvalue weighted by Gasteiger charge is -2.30. The first kappa shape index (κ1) is 21.1. The van der Waals surface area contributed by atoms with Crippen LogP contribution in [0.4, 0.5) is 5.69 Å². The van der Waals surface area contributed by atoms with Crippen molar-refractivity contribution in [2.45, 2.75) is 18.6 Å². The van der Waals surface area contributed by atoms with Gasteiger partial charge in [-0.25, -0.2) is 0 Å². The monoisotopic (exact) mass is 460 g/mol. The fraction of sp³-hybridized carbons (Fsp3) is 0.200. The van der Waals surface area contributed by atoms with Gasteiger partial charge in [0.05, 0.1) is 44.5 Å². The standard InChI is InChI=1S/C25H24N4O3S/c1-30-17-10-11-22(31-2)21(15-17)29-24(23(27-25(29)33)19-8-3-4-12-26-19)20-9-5-13-28(20)16-18-7-6-14-32-18/h3-15,23-24H,16H2,1-2H3,(H,27,33)/t23-,24+/m1/s1. The van der Waals surface area contributed by atoms with Crippen molar-refractivity contribution < 1.29 is 13.9 Å². The molecule has 1 N–H and O–H groups in total. The summed E-state index contributed by atoms with van der Waals surface area (Å²) in [4.78, 5) is 6.72. The van der Waals surface area contributed by atoms with E-state index in [2.05, 4.69) is 32.0 Å². The molecule has 33 heavy (non-hydrogen) atoms. The molecule has 5 rings (SSSR count). The third-order valence-electron chi connectivity index (χ3n) is 5.82. The number of ether oxygens (including phenoxy) is 2. The summed E-state index contributed by atoms with van der Waals surface area (Å²) in [6, 6.07) is 19.3. The fourth-order valence-corrected chi connectivity index (χ4v) is 4.65. The molecule has 4 aromatic rings. The summed E-state index contributed by atoms with van der Waals surface area (Å²) in [6.07, 6.45) is 5.54. The molecule has 3 aromatic heterocycles. The second kappa shape index (κ2) is 8.99. The maximum atomic E-state index is 5.86. The Kier molecular flexibility index (Phi) is 5.75. The van der Waals surface area contributed by atoms with Crippen molar-refractivity contribution in [3.05, 3.63) is 96.5 Å². The average molecular weight is 461 g/mol. The van der Waals surface area contributed by atoms with E-state index >= 15 is 0 Å². The number of hydrogen-bond acceptors (Lipinski definition) is 5. The SMILES string of the molecule is COc1ccc(OC)c(N2C(=S)N[C@H](c3ccccn3)[C@@H]2c2cccn2Cc2ccco2)c1. The number of aromatic nitrogens is 2. The van der Waals surface area contributed by atoms with Crippen molar-refractivity contribution in [1.29, 1.82) is 0 Å². The Balaban J connectivity index is 1.65. The molecule has 0 radical (unpaired) electrons. The average Bonchev–Trinajstić information content (AvgIpc) is 3.60. The van der Waals surface area contributed by atoms with Gasteiger partial charge < -0.3 is 28.7 Å². The lowest BCUT2D eigenvalue weighted by Crippen LogP contribution is -2.30. The number of rotatable bonds is 7. The molecule has 1 aliphatic heterocycles. The molecule has 1 aliphatic rings. The Hall–Kier alpha value is -3.78. The zero-order valence-electron chi connectivity index (χ0n) is 18.3. The van der Waals surface area contributed by atoms with E-state index in [0.717, 1.165) is 28.6 Å². The van der Waals surface area contributed by atoms with Gasteiger partial charge >= 0.3 is 0 Å². The second-order valence-electron chi connectivity index (χ2n) is 7.67. The van der Waals surface area contributed by atoms with Gasteiger partial charge in [-0.2, -0.15) is 0 Å². The van der Waals surface area contributed by atoms with Crippen molar-refractivity contribution in [3.8, 4) is 11.5 Å². The number of furan rings is 1. The van der Waals surface area contributed by atoms with Crippen LogP contribution in [-0.2, 0) is 6.54 Å². The van der Waals surface area contributed by atoms with Gasteiger partial charge in [0.25, 0.3) is 0 Å². The summed E-state index contributed by atoms with van der Waals surface area (Å²) in [5, 5.41) is 4.08. The van der Waals surface area contributed by atoms with Gasteiger partial charge in [-0.15, -0.1) is 0 Å². The number of thiocarbonyl (C=S) groups is 1. The van der Waals surface area contributed by atoms with Crippen LogP contribution in [0.15, 0.2) is 83.7 Å². The number of anilines is 1. The molecule has 0 unspecified atom stereocenters. The molecule has 0 bridgehead atoms. The van der Waals surface area contributed by atoms with E-state index in [9.17, 15) is 0 Å². The first-order valence-electron chi connectivity index (χ1n) is 10.6. The molecule has 0 saturated carbocycles. The van der Waals surface area contributed by atoms with E-state index < -0.39 is 0 Å². The van der Waals surface area contributed by atoms with E-state index in [1.807, 2.05) is 54.6 Å². The summed E-state index contributed by atoms with van der Waals surface area (Å²) in [5.74, 6) is 2.30. The summed E-state index contributed by atoms with van der Waals surface area (Å²) < 4.78 is 19.0. The smallest absolute Gasteiger partial charge is 0.174 e. The van der Waals surface area contributed by atoms with Crippen molar-refractivity contribution >= 4 is 23.0 Å². The Morgan fingerprint density at radius 1 is 1.06 bits per heavy atom. The van der Waals surface area contributed by atoms with Gasteiger partial charge in [0.15, 0.2) is 5.11 Å². The number of nitrogens with zero attached hydrogens (tertiary/aromatic N) is 3. The van der Waals surface area contributed by atoms with E-state index in [1.165, 1.54) is 0 Å². The summed E-state index contributed by atoms with van der Waals surface area (Å²) >= 11 is 5.86. The fourth-order valence-electron chi connectivity index (χ4n) is 4.31. The molecule has 2 atom stereocenters. The van der Waals surface area contributed by atoms with Crippen LogP contribution in [0.2, 0.25) is 0 Å². The van der Waals surface area contributed by atoms with Crippen LogP contribution in [0.25, 0.3) is 0 Å². The molecule has 1 fully saturated rings. The Morgan fingerprint density at radius 3 is 2.70 bits per heavy atom. The third kappa shape index (κ3) is 3.93. The predicted molar refractivity (Wildman–Crippen MR) is 130 cm³/mol. The van der Waals surface area contributed by atoms with Gasteiger partial charge in [0, 0.05) is 24.2 Å². The number of nitrogens with one attached hydrogen (secondary N) is 1. The maximum Gasteiger partial charge on any atom is 0.174 e. The zero-order valence-corrected chi connectivity index (χ0v) is 19.2. The van der Waals surface area contributed by atoms with Gasteiger partial charge in [-0.1, -0.05) is 6.07 Å². The van der Waals surface area contributed by atoms with Crippen LogP contribution in [0, 0.1) is 0 Å². The predicted octanol–water partition coefficient (Wildman–Crippen LogP) is 4.72. The lowest BCUT2D eigenvalue weighted by molar-refractivity contribution is 0.402. The third-order valence-corrected chi connectivity index (χ3v) is 6.13. The Bertz CT molecular complexity index is 1240. The Morgan fingerprint density at radius 2 is 1.97 bits per heavy atom. The summed E-state index contributed by atoms with van der Waals surface area (Å²) in [6.45, 7) is 0.608. The molecule has 7 nitrogen and oxygen atoms in total. The van der Waals surface area contributed by atoms with Crippen molar-refractivity contribution in [2.75, 3.05) is 19.1 Å². The van der Waals surface area contributed by atoms with Crippen LogP contribution in [-0.4, -0.2) is 28.9 Å². The van der Waals surface area contributed by atoms with Gasteiger partial charge in [-0.3, -0.25) is 4.98 Å². The largest absolute Gasteiger partial charge is 0.497 e. The maximum absolute atomic E-state index is 5.86. The highest BCUT2D eigenvalue weighted by Crippen LogP contribution is 2.45. The number of pyridine rings is 1. The Labute approximate surface area is 197 Å². The molecule has 1 saturated heterocycles. The van der Waals surface area contributed by atoms with Crippen molar-refractivity contribution in [1.82, 2.24) is 14.9 Å². The number of hydrogen-bond donors (Lipinski definition) is 1. The van der Waals surface area contributed by atoms with Crippen molar-refractivity contribution in [2.24, 2.45) is 0 Å². The van der Waals surface area contributed by atoms with Crippen LogP contribution in [0.1, 0.15) is 29.2 Å². The molecule has 168 valence electrons. The van der Waals surface area contributed by atoms with Crippen LogP contribution < -0.4 is 19.7 Å². The highest BCUT2D eigenvalue weighted by molar-refractivity contribution is 7.80. The topological polar surface area (TPSA) is 64.7 Å². The quantitative estimate of drug-likeness (QED) is 0.401. The minimum Gasteiger partial charge on any atom is -0.497 e. The molecular formula is C25H24N4O3S. The second-order valence-corrected chi connectivity index (χ2v) is 8.06. The molecule has 4 heterocycles. The van der Waals surface area contributed by atoms with Gasteiger partial charge in [0.2, 0.25) is 0 Å². The van der Waals surface area contributed by atoms with Gasteiger partial charge in [0.1, 0.15) is 23.3 Å². The highest BCUT2D eigenvalue weighted by Gasteiger charge is 2.43. The van der Waals surface area contributed by atoms with E-state index in [1.54, 1.807) is 26.7 Å². The van der Waals surface area contributed by atoms with Crippen LogP contribution in [0.3, 0.4) is 0 Å². The first-order chi connectivity index (χ1) is 16.2. The van der Waals surface area contributed by atoms with E-state index in [0.29, 0.717) is 17.4 Å². The first-order valence-corrected chi connectivity index (χ1v) is 11.0. The summed E-state index contributed by atoms with van der Waals surface area (Å²) in [5.41, 5.74) is 2.79. The van der Waals surface area contributed by atoms with Gasteiger partial charge in [-0.05, 0) is 60.7 Å². The molecule has 0 spiro atoms. The molecule has 8 heteroatoms. The molecule has 1 aromatic carbocycles. The summed E-state index contributed by atoms with van der Waals surface area (Å²) in [7, 11) is 3.30. The molecule has 0 aliphatic carbocycles. The van der Waals surface area contributed by atoms with E-state index in [4.69, 9.17) is 26.1 Å².